The standard InChI is InChI=1S/C63H44N2S/c1-63(2)57-20-9-6-15-51(57)52-37-36-49(40-58(52)63)64(47-34-27-44(28-35-47)50-18-12-19-55-54-17-8-11-22-61(54)66-62(50)55)46-30-25-43(26-31-46)45-29-38-60-56(39-45)53-16-7-10-21-59(53)65(60)48-32-23-42(24-33-48)41-13-4-3-5-14-41/h3-40H,1-2H3. The van der Waals surface area contributed by atoms with Crippen LogP contribution in [0.25, 0.3) is 92.2 Å². The monoisotopic (exact) mass is 860 g/mol. The smallest absolute Gasteiger partial charge is 0.0541 e. The Morgan fingerprint density at radius 1 is 0.364 bits per heavy atom. The van der Waals surface area contributed by atoms with Crippen LogP contribution in [0.1, 0.15) is 25.0 Å². The van der Waals surface area contributed by atoms with Gasteiger partial charge in [0.25, 0.3) is 0 Å². The van der Waals surface area contributed by atoms with Crippen molar-refractivity contribution in [1.29, 1.82) is 0 Å². The first-order valence-electron chi connectivity index (χ1n) is 22.8. The molecule has 3 heteroatoms. The van der Waals surface area contributed by atoms with Crippen LogP contribution in [-0.2, 0) is 5.41 Å². The number of hydrogen-bond acceptors (Lipinski definition) is 2. The van der Waals surface area contributed by atoms with E-state index in [9.17, 15) is 0 Å². The van der Waals surface area contributed by atoms with Gasteiger partial charge < -0.3 is 9.47 Å². The van der Waals surface area contributed by atoms with Gasteiger partial charge in [0.2, 0.25) is 0 Å². The summed E-state index contributed by atoms with van der Waals surface area (Å²) >= 11 is 1.88. The Morgan fingerprint density at radius 2 is 0.924 bits per heavy atom. The van der Waals surface area contributed by atoms with Crippen molar-refractivity contribution in [3.05, 3.63) is 242 Å². The van der Waals surface area contributed by atoms with Crippen molar-refractivity contribution >= 4 is 70.4 Å². The van der Waals surface area contributed by atoms with E-state index in [2.05, 4.69) is 254 Å². The third-order valence-electron chi connectivity index (χ3n) is 14.0. The molecule has 10 aromatic carbocycles. The Kier molecular flexibility index (Phi) is 8.78. The second-order valence-corrected chi connectivity index (χ2v) is 19.2. The molecule has 2 nitrogen and oxygen atoms in total. The molecule has 12 aromatic rings. The third kappa shape index (κ3) is 6.08. The quantitative estimate of drug-likeness (QED) is 0.155. The lowest BCUT2D eigenvalue weighted by Crippen LogP contribution is -2.16. The number of benzene rings is 10. The summed E-state index contributed by atoms with van der Waals surface area (Å²) < 4.78 is 5.05. The van der Waals surface area contributed by atoms with Gasteiger partial charge in [0, 0.05) is 59.1 Å². The fourth-order valence-electron chi connectivity index (χ4n) is 10.7. The van der Waals surface area contributed by atoms with Crippen LogP contribution in [0.5, 0.6) is 0 Å². The van der Waals surface area contributed by atoms with Gasteiger partial charge in [-0.05, 0) is 128 Å². The van der Waals surface area contributed by atoms with Crippen LogP contribution >= 0.6 is 11.3 Å². The fourth-order valence-corrected chi connectivity index (χ4v) is 11.9. The maximum atomic E-state index is 2.42. The molecular weight excluding hydrogens is 817 g/mol. The van der Waals surface area contributed by atoms with Gasteiger partial charge in [0.15, 0.2) is 0 Å². The molecule has 0 fully saturated rings. The average molecular weight is 861 g/mol. The van der Waals surface area contributed by atoms with E-state index in [1.807, 2.05) is 11.3 Å². The van der Waals surface area contributed by atoms with Gasteiger partial charge in [0.1, 0.15) is 0 Å². The number of anilines is 3. The summed E-state index contributed by atoms with van der Waals surface area (Å²) in [6.07, 6.45) is 0. The lowest BCUT2D eigenvalue weighted by molar-refractivity contribution is 0.660. The fraction of sp³-hybridized carbons (Fsp3) is 0.0476. The van der Waals surface area contributed by atoms with Gasteiger partial charge in [-0.25, -0.2) is 0 Å². The third-order valence-corrected chi connectivity index (χ3v) is 15.2. The molecule has 66 heavy (non-hydrogen) atoms. The largest absolute Gasteiger partial charge is 0.310 e. The number of aromatic nitrogens is 1. The molecule has 0 atom stereocenters. The predicted octanol–water partition coefficient (Wildman–Crippen LogP) is 17.9. The van der Waals surface area contributed by atoms with Gasteiger partial charge in [-0.15, -0.1) is 11.3 Å². The summed E-state index contributed by atoms with van der Waals surface area (Å²) in [6, 6.07) is 85.0. The lowest BCUT2D eigenvalue weighted by Gasteiger charge is -2.28. The Bertz CT molecular complexity index is 3820. The second-order valence-electron chi connectivity index (χ2n) is 18.1. The molecule has 0 aliphatic heterocycles. The highest BCUT2D eigenvalue weighted by Crippen LogP contribution is 2.51. The highest BCUT2D eigenvalue weighted by atomic mass is 32.1. The topological polar surface area (TPSA) is 8.17 Å². The molecule has 0 bridgehead atoms. The average Bonchev–Trinajstić information content (AvgIpc) is 4.00. The summed E-state index contributed by atoms with van der Waals surface area (Å²) in [5, 5.41) is 5.13. The Morgan fingerprint density at radius 3 is 1.73 bits per heavy atom. The molecule has 0 amide bonds. The normalized spacial score (nSPS) is 12.8. The zero-order valence-corrected chi connectivity index (χ0v) is 37.6. The van der Waals surface area contributed by atoms with E-state index >= 15 is 0 Å². The number of rotatable bonds is 7. The van der Waals surface area contributed by atoms with Gasteiger partial charge >= 0.3 is 0 Å². The molecule has 2 aromatic heterocycles. The van der Waals surface area contributed by atoms with Crippen molar-refractivity contribution < 1.29 is 0 Å². The second kappa shape index (κ2) is 15.1. The van der Waals surface area contributed by atoms with Crippen molar-refractivity contribution in [2.24, 2.45) is 0 Å². The van der Waals surface area contributed by atoms with Crippen LogP contribution in [0, 0.1) is 0 Å². The SMILES string of the molecule is CC1(C)c2ccccc2-c2ccc(N(c3ccc(-c4ccc5c(c4)c4ccccc4n5-c4ccc(-c5ccccc5)cc4)cc3)c3ccc(-c4cccc5c4sc4ccccc45)cc3)cc21. The predicted molar refractivity (Wildman–Crippen MR) is 282 cm³/mol. The van der Waals surface area contributed by atoms with Crippen molar-refractivity contribution in [2.75, 3.05) is 4.90 Å². The van der Waals surface area contributed by atoms with Crippen LogP contribution < -0.4 is 4.90 Å². The highest BCUT2D eigenvalue weighted by molar-refractivity contribution is 7.26. The molecule has 0 saturated carbocycles. The number of fused-ring (bicyclic) bond motifs is 9. The molecule has 312 valence electrons. The molecule has 0 spiro atoms. The van der Waals surface area contributed by atoms with Gasteiger partial charge in [0.05, 0.1) is 11.0 Å². The first-order valence-corrected chi connectivity index (χ1v) is 23.6. The molecule has 1 aliphatic carbocycles. The minimum Gasteiger partial charge on any atom is -0.310 e. The van der Waals surface area contributed by atoms with Gasteiger partial charge in [-0.1, -0.05) is 172 Å². The van der Waals surface area contributed by atoms with E-state index in [4.69, 9.17) is 0 Å². The number of nitrogens with zero attached hydrogens (tertiary/aromatic N) is 2. The van der Waals surface area contributed by atoms with Crippen molar-refractivity contribution in [3.63, 3.8) is 0 Å². The minimum atomic E-state index is -0.113. The molecule has 1 aliphatic rings. The zero-order valence-electron chi connectivity index (χ0n) is 36.7. The van der Waals surface area contributed by atoms with Gasteiger partial charge in [-0.2, -0.15) is 0 Å². The molecule has 0 radical (unpaired) electrons. The summed E-state index contributed by atoms with van der Waals surface area (Å²) in [4.78, 5) is 2.42. The molecule has 0 saturated heterocycles. The van der Waals surface area contributed by atoms with Crippen LogP contribution in [-0.4, -0.2) is 4.57 Å². The maximum Gasteiger partial charge on any atom is 0.0541 e. The minimum absolute atomic E-state index is 0.113. The van der Waals surface area contributed by atoms with E-state index in [0.29, 0.717) is 0 Å². The Balaban J connectivity index is 0.891. The number of thiophene rings is 1. The van der Waals surface area contributed by atoms with Crippen LogP contribution in [0.2, 0.25) is 0 Å². The van der Waals surface area contributed by atoms with E-state index in [-0.39, 0.29) is 5.41 Å². The van der Waals surface area contributed by atoms with Crippen molar-refractivity contribution in [1.82, 2.24) is 4.57 Å². The van der Waals surface area contributed by atoms with E-state index < -0.39 is 0 Å². The van der Waals surface area contributed by atoms with Crippen LogP contribution in [0.4, 0.5) is 17.1 Å². The molecule has 0 N–H and O–H groups in total. The maximum absolute atomic E-state index is 2.42. The Hall–Kier alpha value is -7.98. The molecule has 0 unspecified atom stereocenters. The first kappa shape index (κ1) is 38.5. The summed E-state index contributed by atoms with van der Waals surface area (Å²) in [5.41, 5.74) is 19.5. The summed E-state index contributed by atoms with van der Waals surface area (Å²) in [5.74, 6) is 0. The highest BCUT2D eigenvalue weighted by Gasteiger charge is 2.35. The molecule has 13 rings (SSSR count). The van der Waals surface area contributed by atoms with E-state index in [1.54, 1.807) is 0 Å². The van der Waals surface area contributed by atoms with Crippen LogP contribution in [0.3, 0.4) is 0 Å². The summed E-state index contributed by atoms with van der Waals surface area (Å²) in [6.45, 7) is 4.72. The van der Waals surface area contributed by atoms with E-state index in [0.717, 1.165) is 22.7 Å². The molecular formula is C63H44N2S. The lowest BCUT2D eigenvalue weighted by atomic mass is 9.82. The van der Waals surface area contributed by atoms with E-state index in [1.165, 1.54) is 97.6 Å². The molecule has 2 heterocycles. The first-order chi connectivity index (χ1) is 32.5. The summed E-state index contributed by atoms with van der Waals surface area (Å²) in [7, 11) is 0. The van der Waals surface area contributed by atoms with Crippen molar-refractivity contribution in [3.8, 4) is 50.2 Å². The Labute approximate surface area is 388 Å². The van der Waals surface area contributed by atoms with Crippen LogP contribution in [0.15, 0.2) is 231 Å². The zero-order chi connectivity index (χ0) is 43.9. The van der Waals surface area contributed by atoms with Crippen molar-refractivity contribution in [2.45, 2.75) is 19.3 Å². The van der Waals surface area contributed by atoms with Gasteiger partial charge in [-0.3, -0.25) is 0 Å². The number of para-hydroxylation sites is 1. The number of hydrogen-bond donors (Lipinski definition) is 0.